The number of amides is 1. The number of benzene rings is 2. The number of nitrogens with zero attached hydrogens (tertiary/aromatic N) is 1. The van der Waals surface area contributed by atoms with Crippen LogP contribution in [0.3, 0.4) is 0 Å². The summed E-state index contributed by atoms with van der Waals surface area (Å²) in [4.78, 5) is 14.9. The van der Waals surface area contributed by atoms with Crippen LogP contribution in [0.2, 0.25) is 0 Å². The largest absolute Gasteiger partial charge is 0.324 e. The van der Waals surface area contributed by atoms with Gasteiger partial charge in [-0.3, -0.25) is 9.69 Å². The van der Waals surface area contributed by atoms with E-state index in [1.807, 2.05) is 6.26 Å². The number of nitrogens with one attached hydrogen (secondary N) is 1. The number of rotatable bonds is 3. The average Bonchev–Trinajstić information content (AvgIpc) is 2.96. The van der Waals surface area contributed by atoms with Gasteiger partial charge in [0.1, 0.15) is 5.25 Å². The van der Waals surface area contributed by atoms with Crippen LogP contribution in [-0.4, -0.2) is 30.2 Å². The van der Waals surface area contributed by atoms with Crippen molar-refractivity contribution in [2.75, 3.05) is 24.7 Å². The van der Waals surface area contributed by atoms with Crippen LogP contribution in [0.4, 0.5) is 5.69 Å². The van der Waals surface area contributed by atoms with Crippen LogP contribution in [0.25, 0.3) is 11.1 Å². The fraction of sp³-hybridized carbons (Fsp3) is 0.350. The zero-order valence-corrected chi connectivity index (χ0v) is 15.0. The van der Waals surface area contributed by atoms with E-state index in [4.69, 9.17) is 0 Å². The highest BCUT2D eigenvalue weighted by atomic mass is 32.2. The van der Waals surface area contributed by atoms with Gasteiger partial charge >= 0.3 is 0 Å². The van der Waals surface area contributed by atoms with Gasteiger partial charge in [0.15, 0.2) is 0 Å². The molecule has 0 saturated carbocycles. The van der Waals surface area contributed by atoms with Crippen LogP contribution < -0.4 is 5.32 Å². The molecule has 0 fully saturated rings. The molecule has 2 aliphatic heterocycles. The molecule has 3 nitrogen and oxygen atoms in total. The zero-order chi connectivity index (χ0) is 16.7. The Kier molecular flexibility index (Phi) is 4.10. The van der Waals surface area contributed by atoms with Gasteiger partial charge in [0.2, 0.25) is 5.91 Å². The van der Waals surface area contributed by atoms with Crippen LogP contribution in [0.1, 0.15) is 28.9 Å². The van der Waals surface area contributed by atoms with E-state index in [1.165, 1.54) is 22.3 Å². The fourth-order valence-corrected chi connectivity index (χ4v) is 4.61. The molecule has 0 aliphatic carbocycles. The van der Waals surface area contributed by atoms with Crippen molar-refractivity contribution in [1.82, 2.24) is 4.90 Å². The average molecular weight is 338 g/mol. The van der Waals surface area contributed by atoms with Crippen LogP contribution in [0.5, 0.6) is 0 Å². The third-order valence-electron chi connectivity index (χ3n) is 5.18. The Bertz CT molecular complexity index is 788. The van der Waals surface area contributed by atoms with Crippen LogP contribution in [0.15, 0.2) is 36.4 Å². The van der Waals surface area contributed by atoms with Gasteiger partial charge in [-0.15, -0.1) is 11.8 Å². The summed E-state index contributed by atoms with van der Waals surface area (Å²) >= 11 is 1.62. The lowest BCUT2D eigenvalue weighted by molar-refractivity contribution is -0.115. The minimum absolute atomic E-state index is 0.0928. The monoisotopic (exact) mass is 338 g/mol. The molecule has 1 amide bonds. The summed E-state index contributed by atoms with van der Waals surface area (Å²) in [7, 11) is 0. The molecular weight excluding hydrogens is 316 g/mol. The second-order valence-corrected chi connectivity index (χ2v) is 7.38. The van der Waals surface area contributed by atoms with Crippen molar-refractivity contribution in [3.63, 3.8) is 0 Å². The van der Waals surface area contributed by atoms with Crippen molar-refractivity contribution < 1.29 is 4.79 Å². The molecule has 1 unspecified atom stereocenters. The molecule has 0 aromatic heterocycles. The minimum Gasteiger partial charge on any atom is -0.324 e. The number of likely N-dealkylation sites (N-methyl/N-ethyl adjacent to an activating group) is 1. The molecule has 0 radical (unpaired) electrons. The number of carbonyl (C=O) groups is 1. The summed E-state index contributed by atoms with van der Waals surface area (Å²) in [6.07, 6.45) is 3.06. The Morgan fingerprint density at radius 1 is 1.25 bits per heavy atom. The zero-order valence-electron chi connectivity index (χ0n) is 14.1. The Morgan fingerprint density at radius 3 is 2.75 bits per heavy atom. The summed E-state index contributed by atoms with van der Waals surface area (Å²) in [6, 6.07) is 12.8. The van der Waals surface area contributed by atoms with Gasteiger partial charge < -0.3 is 5.32 Å². The number of anilines is 1. The molecule has 4 rings (SSSR count). The maximum atomic E-state index is 12.4. The van der Waals surface area contributed by atoms with E-state index in [9.17, 15) is 4.79 Å². The standard InChI is InChI=1S/C20H22N2OS/c1-3-22-10-9-14-15(13-7-5-4-6-8-13)11-16-18(17(14)12-22)21-20(23)19(16)24-2/h4-8,11,19H,3,9-10,12H2,1-2H3,(H,21,23). The predicted molar refractivity (Wildman–Crippen MR) is 101 cm³/mol. The first kappa shape index (κ1) is 15.7. The Hall–Kier alpha value is -1.78. The summed E-state index contributed by atoms with van der Waals surface area (Å²) < 4.78 is 0. The van der Waals surface area contributed by atoms with Crippen molar-refractivity contribution in [2.24, 2.45) is 0 Å². The smallest absolute Gasteiger partial charge is 0.242 e. The molecular formula is C20H22N2OS. The van der Waals surface area contributed by atoms with Crippen molar-refractivity contribution in [2.45, 2.75) is 25.1 Å². The molecule has 0 saturated heterocycles. The molecule has 0 spiro atoms. The highest BCUT2D eigenvalue weighted by Crippen LogP contribution is 2.46. The van der Waals surface area contributed by atoms with Gasteiger partial charge in [-0.2, -0.15) is 0 Å². The number of fused-ring (bicyclic) bond motifs is 3. The minimum atomic E-state index is -0.0928. The first-order chi connectivity index (χ1) is 11.7. The third kappa shape index (κ3) is 2.45. The van der Waals surface area contributed by atoms with Gasteiger partial charge in [-0.25, -0.2) is 0 Å². The topological polar surface area (TPSA) is 32.3 Å². The lowest BCUT2D eigenvalue weighted by Gasteiger charge is -2.31. The van der Waals surface area contributed by atoms with E-state index in [0.29, 0.717) is 0 Å². The van der Waals surface area contributed by atoms with Gasteiger partial charge in [0, 0.05) is 13.1 Å². The Morgan fingerprint density at radius 2 is 2.04 bits per heavy atom. The van der Waals surface area contributed by atoms with E-state index >= 15 is 0 Å². The number of hydrogen-bond donors (Lipinski definition) is 1. The van der Waals surface area contributed by atoms with E-state index < -0.39 is 0 Å². The highest BCUT2D eigenvalue weighted by molar-refractivity contribution is 7.99. The van der Waals surface area contributed by atoms with Gasteiger partial charge in [-0.1, -0.05) is 37.3 Å². The summed E-state index contributed by atoms with van der Waals surface area (Å²) in [5, 5.41) is 3.07. The van der Waals surface area contributed by atoms with E-state index in [-0.39, 0.29) is 11.2 Å². The maximum absolute atomic E-state index is 12.4. The summed E-state index contributed by atoms with van der Waals surface area (Å²) in [5.41, 5.74) is 7.52. The molecule has 2 aromatic rings. The van der Waals surface area contributed by atoms with Gasteiger partial charge in [0.25, 0.3) is 0 Å². The molecule has 1 N–H and O–H groups in total. The van der Waals surface area contributed by atoms with Gasteiger partial charge in [-0.05, 0) is 53.1 Å². The molecule has 1 atom stereocenters. The van der Waals surface area contributed by atoms with Crippen molar-refractivity contribution in [3.8, 4) is 11.1 Å². The molecule has 24 heavy (non-hydrogen) atoms. The molecule has 0 bridgehead atoms. The summed E-state index contributed by atoms with van der Waals surface area (Å²) in [6.45, 7) is 5.26. The number of thioether (sulfide) groups is 1. The molecule has 2 aromatic carbocycles. The fourth-order valence-electron chi connectivity index (χ4n) is 3.90. The van der Waals surface area contributed by atoms with Crippen molar-refractivity contribution >= 4 is 23.4 Å². The molecule has 2 heterocycles. The molecule has 4 heteroatoms. The summed E-state index contributed by atoms with van der Waals surface area (Å²) in [5.74, 6) is 0.124. The van der Waals surface area contributed by atoms with Crippen LogP contribution in [-0.2, 0) is 17.8 Å². The van der Waals surface area contributed by atoms with Crippen LogP contribution >= 0.6 is 11.8 Å². The van der Waals surface area contributed by atoms with E-state index in [1.54, 1.807) is 11.8 Å². The number of carbonyl (C=O) groups excluding carboxylic acids is 1. The number of hydrogen-bond acceptors (Lipinski definition) is 3. The highest BCUT2D eigenvalue weighted by Gasteiger charge is 2.35. The first-order valence-corrected chi connectivity index (χ1v) is 9.81. The lowest BCUT2D eigenvalue weighted by atomic mass is 9.87. The second kappa shape index (κ2) is 6.26. The van der Waals surface area contributed by atoms with Crippen molar-refractivity contribution in [3.05, 3.63) is 53.1 Å². The molecule has 2 aliphatic rings. The SMILES string of the molecule is CCN1CCc2c(-c3ccccc3)cc3c(c2C1)NC(=O)C3SC. The van der Waals surface area contributed by atoms with E-state index in [2.05, 4.69) is 53.5 Å². The molecule has 124 valence electrons. The van der Waals surface area contributed by atoms with Crippen LogP contribution in [0, 0.1) is 0 Å². The normalized spacial score (nSPS) is 19.8. The Labute approximate surface area is 147 Å². The Balaban J connectivity index is 1.93. The maximum Gasteiger partial charge on any atom is 0.242 e. The predicted octanol–water partition coefficient (Wildman–Crippen LogP) is 4.09. The lowest BCUT2D eigenvalue weighted by Crippen LogP contribution is -2.31. The quantitative estimate of drug-likeness (QED) is 0.915. The van der Waals surface area contributed by atoms with E-state index in [0.717, 1.165) is 37.3 Å². The third-order valence-corrected chi connectivity index (χ3v) is 6.12. The van der Waals surface area contributed by atoms with Crippen molar-refractivity contribution in [1.29, 1.82) is 0 Å². The van der Waals surface area contributed by atoms with Gasteiger partial charge in [0.05, 0.1) is 5.69 Å². The second-order valence-electron chi connectivity index (χ2n) is 6.44. The first-order valence-electron chi connectivity index (χ1n) is 8.53.